The smallest absolute Gasteiger partial charge is 0.462 e. The zero-order valence-corrected chi connectivity index (χ0v) is 38.4. The highest BCUT2D eigenvalue weighted by Gasteiger charge is 2.27. The van der Waals surface area contributed by atoms with Gasteiger partial charge in [-0.05, 0) is 44.4 Å². The topological polar surface area (TPSA) is 169 Å². The van der Waals surface area contributed by atoms with Gasteiger partial charge in [0.15, 0.2) is 6.10 Å². The molecular weight excluding hydrogens is 771 g/mol. The maximum absolute atomic E-state index is 12.6. The molecule has 0 heterocycles. The lowest BCUT2D eigenvalue weighted by Gasteiger charge is -2.20. The SMILES string of the molecule is CCCCCCCC/C=C/C/C=C/C=C/C(O)CCCC(=O)O[C@H](COC(=O)CCCCCCCCCCCCCCCCC(C)CC)COP(=O)(O)OC[C@@H](O)CO. The largest absolute Gasteiger partial charge is 0.472 e. The Kier molecular flexibility index (Phi) is 40.2. The number of carbonyl (C=O) groups is 2. The van der Waals surface area contributed by atoms with Crippen LogP contribution in [0.1, 0.15) is 201 Å². The van der Waals surface area contributed by atoms with Crippen LogP contribution in [-0.4, -0.2) is 76.9 Å². The average molecular weight is 859 g/mol. The molecule has 59 heavy (non-hydrogen) atoms. The van der Waals surface area contributed by atoms with Crippen LogP contribution < -0.4 is 0 Å². The second kappa shape index (κ2) is 41.5. The molecule has 0 fully saturated rings. The number of rotatable bonds is 43. The number of esters is 2. The van der Waals surface area contributed by atoms with E-state index >= 15 is 0 Å². The van der Waals surface area contributed by atoms with Crippen LogP contribution in [-0.2, 0) is 32.7 Å². The van der Waals surface area contributed by atoms with Crippen LogP contribution in [0.2, 0.25) is 0 Å². The van der Waals surface area contributed by atoms with Gasteiger partial charge in [-0.15, -0.1) is 0 Å². The third-order valence-corrected chi connectivity index (χ3v) is 11.4. The van der Waals surface area contributed by atoms with E-state index in [1.807, 2.05) is 12.2 Å². The second-order valence-electron chi connectivity index (χ2n) is 16.2. The molecule has 4 N–H and O–H groups in total. The number of ether oxygens (including phenoxy) is 2. The van der Waals surface area contributed by atoms with Crippen molar-refractivity contribution in [2.75, 3.05) is 26.4 Å². The summed E-state index contributed by atoms with van der Waals surface area (Å²) in [5.41, 5.74) is 0. The van der Waals surface area contributed by atoms with Crippen LogP contribution in [0.4, 0.5) is 0 Å². The Balaban J connectivity index is 4.41. The Morgan fingerprint density at radius 2 is 1.19 bits per heavy atom. The van der Waals surface area contributed by atoms with Gasteiger partial charge in [0.1, 0.15) is 12.7 Å². The van der Waals surface area contributed by atoms with E-state index in [1.165, 1.54) is 116 Å². The molecular formula is C47H87O11P. The molecule has 3 unspecified atom stereocenters. The standard InChI is InChI=1S/C47H87O11P/c1-4-6-7-8-9-10-11-14-18-21-24-27-30-34-43(49)35-32-37-47(52)58-45(41-57-59(53,54)56-39-44(50)38-48)40-55-46(51)36-31-28-25-22-19-16-13-12-15-17-20-23-26-29-33-42(3)5-2/h14,18,24,27,30,34,42-45,48-50H,4-13,15-17,19-23,25-26,28-29,31-33,35-41H2,1-3H3,(H,53,54)/b18-14+,27-24+,34-30+/t42?,43?,44-,45+/m0/s1. The van der Waals surface area contributed by atoms with Crippen LogP contribution in [0.5, 0.6) is 0 Å². The predicted octanol–water partition coefficient (Wildman–Crippen LogP) is 11.6. The molecule has 0 aliphatic rings. The summed E-state index contributed by atoms with van der Waals surface area (Å²) in [6.07, 6.45) is 38.5. The molecule has 0 bridgehead atoms. The summed E-state index contributed by atoms with van der Waals surface area (Å²) in [7, 11) is -4.67. The number of unbranched alkanes of at least 4 members (excludes halogenated alkanes) is 19. The summed E-state index contributed by atoms with van der Waals surface area (Å²) in [4.78, 5) is 35.1. The van der Waals surface area contributed by atoms with E-state index in [4.69, 9.17) is 19.1 Å². The molecule has 5 atom stereocenters. The van der Waals surface area contributed by atoms with E-state index in [9.17, 15) is 29.3 Å². The third kappa shape index (κ3) is 41.3. The maximum Gasteiger partial charge on any atom is 0.472 e. The number of aliphatic hydroxyl groups excluding tert-OH is 3. The lowest BCUT2D eigenvalue weighted by atomic mass is 9.99. The van der Waals surface area contributed by atoms with Crippen molar-refractivity contribution in [2.45, 2.75) is 219 Å². The van der Waals surface area contributed by atoms with E-state index in [-0.39, 0.29) is 19.4 Å². The molecule has 12 heteroatoms. The monoisotopic (exact) mass is 859 g/mol. The summed E-state index contributed by atoms with van der Waals surface area (Å²) < 4.78 is 32.6. The van der Waals surface area contributed by atoms with E-state index in [0.29, 0.717) is 19.3 Å². The normalized spacial score (nSPS) is 15.2. The number of allylic oxidation sites excluding steroid dienone is 5. The fourth-order valence-corrected chi connectivity index (χ4v) is 7.18. The van der Waals surface area contributed by atoms with Crippen molar-refractivity contribution in [3.8, 4) is 0 Å². The van der Waals surface area contributed by atoms with E-state index in [1.54, 1.807) is 12.2 Å². The van der Waals surface area contributed by atoms with Crippen molar-refractivity contribution in [3.05, 3.63) is 36.5 Å². The molecule has 0 saturated carbocycles. The fourth-order valence-electron chi connectivity index (χ4n) is 6.39. The van der Waals surface area contributed by atoms with E-state index < -0.39 is 57.9 Å². The molecule has 0 radical (unpaired) electrons. The van der Waals surface area contributed by atoms with Crippen molar-refractivity contribution in [1.29, 1.82) is 0 Å². The average Bonchev–Trinajstić information content (AvgIpc) is 3.22. The van der Waals surface area contributed by atoms with Crippen LogP contribution in [0.3, 0.4) is 0 Å². The molecule has 346 valence electrons. The minimum Gasteiger partial charge on any atom is -0.462 e. The maximum atomic E-state index is 12.6. The third-order valence-electron chi connectivity index (χ3n) is 10.4. The minimum atomic E-state index is -4.67. The number of aliphatic hydroxyl groups is 3. The Morgan fingerprint density at radius 3 is 1.80 bits per heavy atom. The summed E-state index contributed by atoms with van der Waals surface area (Å²) in [5.74, 6) is -0.249. The van der Waals surface area contributed by atoms with Gasteiger partial charge in [0.2, 0.25) is 0 Å². The van der Waals surface area contributed by atoms with Crippen LogP contribution in [0.25, 0.3) is 0 Å². The molecule has 0 aromatic heterocycles. The van der Waals surface area contributed by atoms with Gasteiger partial charge in [-0.1, -0.05) is 186 Å². The number of carbonyl (C=O) groups excluding carboxylic acids is 2. The Bertz CT molecular complexity index is 1110. The van der Waals surface area contributed by atoms with Gasteiger partial charge in [-0.25, -0.2) is 4.57 Å². The zero-order valence-electron chi connectivity index (χ0n) is 37.5. The summed E-state index contributed by atoms with van der Waals surface area (Å²) >= 11 is 0. The van der Waals surface area contributed by atoms with Crippen LogP contribution in [0.15, 0.2) is 36.5 Å². The van der Waals surface area contributed by atoms with Crippen LogP contribution >= 0.6 is 7.82 Å². The van der Waals surface area contributed by atoms with Gasteiger partial charge in [0.25, 0.3) is 0 Å². The van der Waals surface area contributed by atoms with Gasteiger partial charge in [0, 0.05) is 12.8 Å². The molecule has 0 aromatic rings. The fraction of sp³-hybridized carbons (Fsp3) is 0.830. The first-order valence-electron chi connectivity index (χ1n) is 23.4. The first-order valence-corrected chi connectivity index (χ1v) is 24.9. The molecule has 0 saturated heterocycles. The minimum absolute atomic E-state index is 0.0384. The Hall–Kier alpha value is -1.85. The van der Waals surface area contributed by atoms with Gasteiger partial charge >= 0.3 is 19.8 Å². The van der Waals surface area contributed by atoms with Gasteiger partial charge in [-0.3, -0.25) is 18.6 Å². The highest BCUT2D eigenvalue weighted by atomic mass is 31.2. The van der Waals surface area contributed by atoms with Crippen LogP contribution in [0, 0.1) is 5.92 Å². The molecule has 0 amide bonds. The molecule has 0 rings (SSSR count). The Labute approximate surface area is 359 Å². The van der Waals surface area contributed by atoms with E-state index in [0.717, 1.165) is 38.0 Å². The highest BCUT2D eigenvalue weighted by molar-refractivity contribution is 7.47. The highest BCUT2D eigenvalue weighted by Crippen LogP contribution is 2.43. The molecule has 0 aliphatic heterocycles. The lowest BCUT2D eigenvalue weighted by molar-refractivity contribution is -0.161. The van der Waals surface area contributed by atoms with Gasteiger partial charge in [-0.2, -0.15) is 0 Å². The van der Waals surface area contributed by atoms with Gasteiger partial charge in [0.05, 0.1) is 25.9 Å². The van der Waals surface area contributed by atoms with Gasteiger partial charge < -0.3 is 29.7 Å². The van der Waals surface area contributed by atoms with Crippen molar-refractivity contribution in [2.24, 2.45) is 5.92 Å². The first kappa shape index (κ1) is 57.1. The lowest BCUT2D eigenvalue weighted by Crippen LogP contribution is -2.30. The van der Waals surface area contributed by atoms with Crippen molar-refractivity contribution < 1.29 is 52.9 Å². The number of phosphoric acid groups is 1. The predicted molar refractivity (Wildman–Crippen MR) is 239 cm³/mol. The number of hydrogen-bond donors (Lipinski definition) is 4. The molecule has 0 spiro atoms. The number of hydrogen-bond acceptors (Lipinski definition) is 10. The second-order valence-corrected chi connectivity index (χ2v) is 17.7. The summed E-state index contributed by atoms with van der Waals surface area (Å²) in [6.45, 7) is 4.54. The van der Waals surface area contributed by atoms with Crippen molar-refractivity contribution in [1.82, 2.24) is 0 Å². The summed E-state index contributed by atoms with van der Waals surface area (Å²) in [5, 5.41) is 28.7. The van der Waals surface area contributed by atoms with Crippen molar-refractivity contribution in [3.63, 3.8) is 0 Å². The first-order chi connectivity index (χ1) is 28.5. The number of phosphoric ester groups is 1. The van der Waals surface area contributed by atoms with Crippen molar-refractivity contribution >= 4 is 19.8 Å². The Morgan fingerprint density at radius 1 is 0.627 bits per heavy atom. The molecule has 0 aromatic carbocycles. The van der Waals surface area contributed by atoms with E-state index in [2.05, 4.69) is 37.4 Å². The molecule has 0 aliphatic carbocycles. The quantitative estimate of drug-likeness (QED) is 0.0151. The zero-order chi connectivity index (χ0) is 43.7. The summed E-state index contributed by atoms with van der Waals surface area (Å²) in [6, 6.07) is 0. The molecule has 11 nitrogen and oxygen atoms in total.